The van der Waals surface area contributed by atoms with Gasteiger partial charge in [-0.2, -0.15) is 0 Å². The van der Waals surface area contributed by atoms with E-state index in [1.165, 1.54) is 11.8 Å². The number of carbonyl (C=O) groups excluding carboxylic acids is 2. The van der Waals surface area contributed by atoms with Crippen LogP contribution in [-0.4, -0.2) is 32.3 Å². The third-order valence-electron chi connectivity index (χ3n) is 6.38. The molecule has 5 rings (SSSR count). The van der Waals surface area contributed by atoms with E-state index in [9.17, 15) is 9.59 Å². The Hall–Kier alpha value is -4.43. The SMILES string of the molecule is Cc1cccc(NC(=O)CSc2nnc(CNC(=O)c3cccc4ccccc34)n2-c2cc(C)ccc2C)c1. The molecule has 5 aromatic rings. The zero-order valence-corrected chi connectivity index (χ0v) is 22.9. The smallest absolute Gasteiger partial charge is 0.252 e. The number of carbonyl (C=O) groups is 2. The molecule has 0 unspecified atom stereocenters. The van der Waals surface area contributed by atoms with Crippen molar-refractivity contribution in [3.63, 3.8) is 0 Å². The minimum atomic E-state index is -0.186. The van der Waals surface area contributed by atoms with Crippen LogP contribution < -0.4 is 10.6 Å². The summed E-state index contributed by atoms with van der Waals surface area (Å²) in [6.45, 7) is 6.21. The Kier molecular flexibility index (Phi) is 7.74. The number of benzene rings is 4. The van der Waals surface area contributed by atoms with Crippen LogP contribution in [0.15, 0.2) is 90.1 Å². The minimum absolute atomic E-state index is 0.132. The molecule has 0 spiro atoms. The average molecular weight is 536 g/mol. The highest BCUT2D eigenvalue weighted by Crippen LogP contribution is 2.26. The molecule has 0 atom stereocenters. The zero-order chi connectivity index (χ0) is 27.4. The van der Waals surface area contributed by atoms with Gasteiger partial charge in [0.15, 0.2) is 11.0 Å². The molecule has 0 fully saturated rings. The summed E-state index contributed by atoms with van der Waals surface area (Å²) in [5, 5.41) is 17.2. The number of hydrogen-bond acceptors (Lipinski definition) is 5. The zero-order valence-electron chi connectivity index (χ0n) is 22.1. The van der Waals surface area contributed by atoms with Crippen LogP contribution in [0.4, 0.5) is 5.69 Å². The molecule has 0 radical (unpaired) electrons. The van der Waals surface area contributed by atoms with Crippen LogP contribution in [0.2, 0.25) is 0 Å². The van der Waals surface area contributed by atoms with Crippen LogP contribution >= 0.6 is 11.8 Å². The van der Waals surface area contributed by atoms with Gasteiger partial charge in [-0.1, -0.05) is 72.4 Å². The number of anilines is 1. The molecule has 1 aromatic heterocycles. The van der Waals surface area contributed by atoms with E-state index < -0.39 is 0 Å². The molecule has 39 heavy (non-hydrogen) atoms. The summed E-state index contributed by atoms with van der Waals surface area (Å²) < 4.78 is 1.93. The standard InChI is InChI=1S/C31H29N5O2S/c1-20-8-6-11-24(16-20)33-29(37)19-39-31-35-34-28(36(31)27-17-21(2)14-15-22(27)3)18-32-30(38)26-13-7-10-23-9-4-5-12-25(23)26/h4-17H,18-19H2,1-3H3,(H,32,38)(H,33,37). The summed E-state index contributed by atoms with van der Waals surface area (Å²) in [7, 11) is 0. The van der Waals surface area contributed by atoms with Crippen LogP contribution in [0.1, 0.15) is 32.9 Å². The number of aryl methyl sites for hydroxylation is 3. The Morgan fingerprint density at radius 3 is 2.46 bits per heavy atom. The molecule has 7 nitrogen and oxygen atoms in total. The topological polar surface area (TPSA) is 88.9 Å². The number of nitrogens with one attached hydrogen (secondary N) is 2. The third-order valence-corrected chi connectivity index (χ3v) is 7.31. The van der Waals surface area contributed by atoms with E-state index in [1.807, 2.05) is 104 Å². The summed E-state index contributed by atoms with van der Waals surface area (Å²) in [6.07, 6.45) is 0. The van der Waals surface area contributed by atoms with Crippen molar-refractivity contribution in [1.29, 1.82) is 0 Å². The Morgan fingerprint density at radius 2 is 1.62 bits per heavy atom. The Bertz CT molecular complexity index is 1670. The number of fused-ring (bicyclic) bond motifs is 1. The number of amides is 2. The normalized spacial score (nSPS) is 10.9. The summed E-state index contributed by atoms with van der Waals surface area (Å²) in [6, 6.07) is 27.3. The van der Waals surface area contributed by atoms with Crippen molar-refractivity contribution in [2.24, 2.45) is 0 Å². The minimum Gasteiger partial charge on any atom is -0.345 e. The Balaban J connectivity index is 1.38. The fraction of sp³-hybridized carbons (Fsp3) is 0.161. The van der Waals surface area contributed by atoms with Crippen LogP contribution in [-0.2, 0) is 11.3 Å². The molecule has 0 bridgehead atoms. The highest BCUT2D eigenvalue weighted by atomic mass is 32.2. The second-order valence-corrected chi connectivity index (χ2v) is 10.4. The maximum absolute atomic E-state index is 13.2. The molecule has 8 heteroatoms. The summed E-state index contributed by atoms with van der Waals surface area (Å²) >= 11 is 1.31. The first-order valence-electron chi connectivity index (χ1n) is 12.7. The molecular weight excluding hydrogens is 506 g/mol. The van der Waals surface area contributed by atoms with Crippen molar-refractivity contribution in [2.75, 3.05) is 11.1 Å². The monoisotopic (exact) mass is 535 g/mol. The largest absolute Gasteiger partial charge is 0.345 e. The van der Waals surface area contributed by atoms with Gasteiger partial charge < -0.3 is 10.6 Å². The maximum atomic E-state index is 13.2. The van der Waals surface area contributed by atoms with Gasteiger partial charge in [0.25, 0.3) is 5.91 Å². The lowest BCUT2D eigenvalue weighted by Gasteiger charge is -2.14. The van der Waals surface area contributed by atoms with Gasteiger partial charge in [0.2, 0.25) is 5.91 Å². The lowest BCUT2D eigenvalue weighted by Crippen LogP contribution is -2.25. The van der Waals surface area contributed by atoms with Gasteiger partial charge in [0.1, 0.15) is 0 Å². The highest BCUT2D eigenvalue weighted by molar-refractivity contribution is 7.99. The second-order valence-electron chi connectivity index (χ2n) is 9.44. The molecule has 2 amide bonds. The molecule has 2 N–H and O–H groups in total. The van der Waals surface area contributed by atoms with E-state index in [-0.39, 0.29) is 24.1 Å². The van der Waals surface area contributed by atoms with Crippen molar-refractivity contribution < 1.29 is 9.59 Å². The molecular formula is C31H29N5O2S. The van der Waals surface area contributed by atoms with Crippen molar-refractivity contribution >= 4 is 40.0 Å². The predicted octanol–water partition coefficient (Wildman–Crippen LogP) is 6.01. The highest BCUT2D eigenvalue weighted by Gasteiger charge is 2.19. The molecule has 0 aliphatic rings. The number of nitrogens with zero attached hydrogens (tertiary/aromatic N) is 3. The molecule has 196 valence electrons. The first kappa shape index (κ1) is 26.2. The van der Waals surface area contributed by atoms with E-state index in [0.717, 1.165) is 38.8 Å². The Labute approximate surface area is 231 Å². The van der Waals surface area contributed by atoms with E-state index in [0.29, 0.717) is 16.5 Å². The molecule has 0 aliphatic heterocycles. The summed E-state index contributed by atoms with van der Waals surface area (Å²) in [4.78, 5) is 25.9. The third kappa shape index (κ3) is 6.02. The van der Waals surface area contributed by atoms with Gasteiger partial charge in [0, 0.05) is 11.3 Å². The van der Waals surface area contributed by atoms with Gasteiger partial charge in [0.05, 0.1) is 18.0 Å². The fourth-order valence-corrected chi connectivity index (χ4v) is 5.20. The van der Waals surface area contributed by atoms with Gasteiger partial charge in [-0.05, 0) is 72.5 Å². The summed E-state index contributed by atoms with van der Waals surface area (Å²) in [5.74, 6) is 0.430. The first-order chi connectivity index (χ1) is 18.9. The molecule has 0 saturated carbocycles. The van der Waals surface area contributed by atoms with E-state index in [2.05, 4.69) is 26.9 Å². The van der Waals surface area contributed by atoms with E-state index in [4.69, 9.17) is 0 Å². The van der Waals surface area contributed by atoms with Crippen LogP contribution in [0.5, 0.6) is 0 Å². The summed E-state index contributed by atoms with van der Waals surface area (Å²) in [5.41, 5.74) is 5.47. The number of rotatable bonds is 8. The molecule has 1 heterocycles. The quantitative estimate of drug-likeness (QED) is 0.238. The van der Waals surface area contributed by atoms with Gasteiger partial charge in [-0.15, -0.1) is 10.2 Å². The number of hydrogen-bond donors (Lipinski definition) is 2. The second kappa shape index (κ2) is 11.5. The lowest BCUT2D eigenvalue weighted by atomic mass is 10.0. The Morgan fingerprint density at radius 1 is 0.846 bits per heavy atom. The van der Waals surface area contributed by atoms with Crippen LogP contribution in [0.25, 0.3) is 16.5 Å². The maximum Gasteiger partial charge on any atom is 0.252 e. The van der Waals surface area contributed by atoms with Gasteiger partial charge in [-0.25, -0.2) is 0 Å². The van der Waals surface area contributed by atoms with Crippen molar-refractivity contribution in [3.8, 4) is 5.69 Å². The van der Waals surface area contributed by atoms with Crippen molar-refractivity contribution in [1.82, 2.24) is 20.1 Å². The van der Waals surface area contributed by atoms with Gasteiger partial charge in [-0.3, -0.25) is 14.2 Å². The average Bonchev–Trinajstić information content (AvgIpc) is 3.34. The first-order valence-corrected chi connectivity index (χ1v) is 13.6. The van der Waals surface area contributed by atoms with Crippen molar-refractivity contribution in [2.45, 2.75) is 32.5 Å². The predicted molar refractivity (Wildman–Crippen MR) is 156 cm³/mol. The molecule has 4 aromatic carbocycles. The van der Waals surface area contributed by atoms with Crippen LogP contribution in [0, 0.1) is 20.8 Å². The molecule has 0 saturated heterocycles. The van der Waals surface area contributed by atoms with Gasteiger partial charge >= 0.3 is 0 Å². The van der Waals surface area contributed by atoms with Crippen LogP contribution in [0.3, 0.4) is 0 Å². The number of aromatic nitrogens is 3. The van der Waals surface area contributed by atoms with Crippen molar-refractivity contribution in [3.05, 3.63) is 113 Å². The number of thioether (sulfide) groups is 1. The lowest BCUT2D eigenvalue weighted by molar-refractivity contribution is -0.113. The van der Waals surface area contributed by atoms with E-state index >= 15 is 0 Å². The molecule has 0 aliphatic carbocycles. The van der Waals surface area contributed by atoms with E-state index in [1.54, 1.807) is 0 Å². The fourth-order valence-electron chi connectivity index (χ4n) is 4.44.